The zero-order valence-electron chi connectivity index (χ0n) is 10.9. The molecule has 1 aromatic rings. The minimum Gasteiger partial charge on any atom is -0.464 e. The Morgan fingerprint density at radius 3 is 2.94 bits per heavy atom. The Hall–Kier alpha value is -1.51. The maximum Gasteiger partial charge on any atom is 0.328 e. The van der Waals surface area contributed by atoms with Gasteiger partial charge in [-0.15, -0.1) is 0 Å². The number of fused-ring (bicyclic) bond motifs is 1. The number of benzene rings is 1. The number of unbranched alkanes of at least 4 members (excludes halogenated alkanes) is 3. The number of para-hydroxylation sites is 1. The van der Waals surface area contributed by atoms with Gasteiger partial charge in [-0.2, -0.15) is 0 Å². The Kier molecular flexibility index (Phi) is 4.62. The molecular formula is C15H21NO2. The topological polar surface area (TPSA) is 38.3 Å². The molecule has 0 radical (unpaired) electrons. The molecule has 1 N–H and O–H groups in total. The van der Waals surface area contributed by atoms with Crippen molar-refractivity contribution in [3.05, 3.63) is 29.8 Å². The minimum absolute atomic E-state index is 0.123. The van der Waals surface area contributed by atoms with Crippen molar-refractivity contribution in [3.63, 3.8) is 0 Å². The van der Waals surface area contributed by atoms with Crippen molar-refractivity contribution in [2.75, 3.05) is 11.9 Å². The van der Waals surface area contributed by atoms with E-state index >= 15 is 0 Å². The number of ether oxygens (including phenoxy) is 1. The fourth-order valence-electron chi connectivity index (χ4n) is 2.24. The van der Waals surface area contributed by atoms with Crippen molar-refractivity contribution in [1.29, 1.82) is 0 Å². The molecule has 1 aromatic carbocycles. The van der Waals surface area contributed by atoms with E-state index in [2.05, 4.69) is 18.3 Å². The number of rotatable bonds is 6. The maximum absolute atomic E-state index is 11.9. The summed E-state index contributed by atoms with van der Waals surface area (Å²) in [4.78, 5) is 11.9. The lowest BCUT2D eigenvalue weighted by Gasteiger charge is -2.10. The van der Waals surface area contributed by atoms with E-state index in [1.165, 1.54) is 18.4 Å². The minimum atomic E-state index is -0.200. The first kappa shape index (κ1) is 12.9. The summed E-state index contributed by atoms with van der Waals surface area (Å²) in [5.41, 5.74) is 2.26. The van der Waals surface area contributed by atoms with E-state index < -0.39 is 0 Å². The maximum atomic E-state index is 11.9. The van der Waals surface area contributed by atoms with Gasteiger partial charge in [0.1, 0.15) is 6.04 Å². The molecule has 0 saturated heterocycles. The molecular weight excluding hydrogens is 226 g/mol. The van der Waals surface area contributed by atoms with Crippen LogP contribution in [0.5, 0.6) is 0 Å². The van der Waals surface area contributed by atoms with Crippen LogP contribution in [0.3, 0.4) is 0 Å². The zero-order valence-corrected chi connectivity index (χ0v) is 10.9. The Bertz CT molecular complexity index is 378. The van der Waals surface area contributed by atoms with Gasteiger partial charge in [0.25, 0.3) is 0 Å². The summed E-state index contributed by atoms with van der Waals surface area (Å²) in [5, 5.41) is 3.21. The van der Waals surface area contributed by atoms with Crippen LogP contribution in [0.1, 0.15) is 38.2 Å². The third kappa shape index (κ3) is 3.25. The highest BCUT2D eigenvalue weighted by molar-refractivity contribution is 5.82. The van der Waals surface area contributed by atoms with E-state index in [1.54, 1.807) is 0 Å². The fraction of sp³-hybridized carbons (Fsp3) is 0.533. The lowest BCUT2D eigenvalue weighted by molar-refractivity contribution is -0.144. The Labute approximate surface area is 109 Å². The number of hydrogen-bond acceptors (Lipinski definition) is 3. The largest absolute Gasteiger partial charge is 0.464 e. The average Bonchev–Trinajstić information content (AvgIpc) is 2.82. The van der Waals surface area contributed by atoms with Gasteiger partial charge >= 0.3 is 5.97 Å². The second-order valence-electron chi connectivity index (χ2n) is 4.79. The van der Waals surface area contributed by atoms with Crippen LogP contribution in [-0.4, -0.2) is 18.6 Å². The van der Waals surface area contributed by atoms with E-state index in [1.807, 2.05) is 18.2 Å². The second-order valence-corrected chi connectivity index (χ2v) is 4.79. The number of esters is 1. The first-order chi connectivity index (χ1) is 8.81. The summed E-state index contributed by atoms with van der Waals surface area (Å²) in [6, 6.07) is 7.83. The molecule has 0 spiro atoms. The summed E-state index contributed by atoms with van der Waals surface area (Å²) < 4.78 is 5.30. The molecule has 0 amide bonds. The van der Waals surface area contributed by atoms with Crippen LogP contribution in [0.4, 0.5) is 5.69 Å². The van der Waals surface area contributed by atoms with Gasteiger partial charge in [0.15, 0.2) is 0 Å². The number of hydrogen-bond donors (Lipinski definition) is 1. The van der Waals surface area contributed by atoms with E-state index in [9.17, 15) is 4.79 Å². The molecule has 1 aliphatic rings. The van der Waals surface area contributed by atoms with Crippen LogP contribution < -0.4 is 5.32 Å². The molecule has 98 valence electrons. The van der Waals surface area contributed by atoms with Crippen LogP contribution in [0, 0.1) is 0 Å². The summed E-state index contributed by atoms with van der Waals surface area (Å²) in [6.45, 7) is 2.72. The van der Waals surface area contributed by atoms with Gasteiger partial charge in [0.05, 0.1) is 6.61 Å². The molecule has 18 heavy (non-hydrogen) atoms. The monoisotopic (exact) mass is 247 g/mol. The van der Waals surface area contributed by atoms with E-state index in [0.717, 1.165) is 24.9 Å². The van der Waals surface area contributed by atoms with Gasteiger partial charge in [0.2, 0.25) is 0 Å². The van der Waals surface area contributed by atoms with Crippen molar-refractivity contribution >= 4 is 11.7 Å². The smallest absolute Gasteiger partial charge is 0.328 e. The molecule has 3 nitrogen and oxygen atoms in total. The van der Waals surface area contributed by atoms with Gasteiger partial charge < -0.3 is 10.1 Å². The van der Waals surface area contributed by atoms with Gasteiger partial charge in [-0.05, 0) is 18.1 Å². The highest BCUT2D eigenvalue weighted by atomic mass is 16.5. The van der Waals surface area contributed by atoms with Gasteiger partial charge in [0, 0.05) is 12.1 Å². The second kappa shape index (κ2) is 6.43. The first-order valence-electron chi connectivity index (χ1n) is 6.82. The third-order valence-electron chi connectivity index (χ3n) is 3.30. The van der Waals surface area contributed by atoms with E-state index in [4.69, 9.17) is 4.74 Å². The molecule has 1 atom stereocenters. The normalized spacial score (nSPS) is 17.1. The number of anilines is 1. The molecule has 0 saturated carbocycles. The molecule has 1 heterocycles. The first-order valence-corrected chi connectivity index (χ1v) is 6.82. The van der Waals surface area contributed by atoms with Crippen molar-refractivity contribution in [3.8, 4) is 0 Å². The van der Waals surface area contributed by atoms with Gasteiger partial charge in [-0.25, -0.2) is 4.79 Å². The van der Waals surface area contributed by atoms with Crippen LogP contribution in [0.15, 0.2) is 24.3 Å². The Balaban J connectivity index is 1.72. The van der Waals surface area contributed by atoms with Crippen LogP contribution in [-0.2, 0) is 16.0 Å². The Morgan fingerprint density at radius 2 is 2.17 bits per heavy atom. The quantitative estimate of drug-likeness (QED) is 0.620. The van der Waals surface area contributed by atoms with E-state index in [-0.39, 0.29) is 12.0 Å². The molecule has 0 bridgehead atoms. The number of nitrogens with one attached hydrogen (secondary N) is 1. The summed E-state index contributed by atoms with van der Waals surface area (Å²) in [5.74, 6) is -0.123. The predicted molar refractivity (Wildman–Crippen MR) is 72.7 cm³/mol. The number of carbonyl (C=O) groups is 1. The predicted octanol–water partition coefficient (Wildman–Crippen LogP) is 3.15. The van der Waals surface area contributed by atoms with Crippen molar-refractivity contribution in [1.82, 2.24) is 0 Å². The fourth-order valence-corrected chi connectivity index (χ4v) is 2.24. The SMILES string of the molecule is CCCCCCOC(=O)C1Cc2ccccc2N1. The van der Waals surface area contributed by atoms with Crippen LogP contribution in [0.2, 0.25) is 0 Å². The van der Waals surface area contributed by atoms with Gasteiger partial charge in [-0.3, -0.25) is 0 Å². The van der Waals surface area contributed by atoms with Crippen LogP contribution >= 0.6 is 0 Å². The molecule has 1 aliphatic heterocycles. The van der Waals surface area contributed by atoms with E-state index in [0.29, 0.717) is 6.61 Å². The molecule has 2 rings (SSSR count). The van der Waals surface area contributed by atoms with Crippen molar-refractivity contribution in [2.24, 2.45) is 0 Å². The number of carbonyl (C=O) groups excluding carboxylic acids is 1. The average molecular weight is 247 g/mol. The molecule has 0 fully saturated rings. The van der Waals surface area contributed by atoms with Crippen molar-refractivity contribution < 1.29 is 9.53 Å². The van der Waals surface area contributed by atoms with Crippen LogP contribution in [0.25, 0.3) is 0 Å². The lowest BCUT2D eigenvalue weighted by Crippen LogP contribution is -2.29. The summed E-state index contributed by atoms with van der Waals surface area (Å²) in [7, 11) is 0. The molecule has 0 aliphatic carbocycles. The summed E-state index contributed by atoms with van der Waals surface area (Å²) in [6.07, 6.45) is 5.27. The van der Waals surface area contributed by atoms with Gasteiger partial charge in [-0.1, -0.05) is 44.4 Å². The highest BCUT2D eigenvalue weighted by Gasteiger charge is 2.27. The Morgan fingerprint density at radius 1 is 1.33 bits per heavy atom. The molecule has 1 unspecified atom stereocenters. The zero-order chi connectivity index (χ0) is 12.8. The molecule has 3 heteroatoms. The third-order valence-corrected chi connectivity index (χ3v) is 3.30. The summed E-state index contributed by atoms with van der Waals surface area (Å²) >= 11 is 0. The lowest BCUT2D eigenvalue weighted by atomic mass is 10.1. The standard InChI is InChI=1S/C15H21NO2/c1-2-3-4-7-10-18-15(17)14-11-12-8-5-6-9-13(12)16-14/h5-6,8-9,14,16H,2-4,7,10-11H2,1H3. The molecule has 0 aromatic heterocycles. The highest BCUT2D eigenvalue weighted by Crippen LogP contribution is 2.25. The van der Waals surface area contributed by atoms with Crippen molar-refractivity contribution in [2.45, 2.75) is 45.1 Å².